The van der Waals surface area contributed by atoms with E-state index in [2.05, 4.69) is 15.3 Å². The molecule has 2 aromatic rings. The minimum absolute atomic E-state index is 0.333. The van der Waals surface area contributed by atoms with E-state index in [1.807, 2.05) is 6.92 Å². The van der Waals surface area contributed by atoms with E-state index in [0.29, 0.717) is 33.5 Å². The lowest BCUT2D eigenvalue weighted by molar-refractivity contribution is 0.0531. The molecule has 0 unspecified atom stereocenters. The van der Waals surface area contributed by atoms with Gasteiger partial charge in [0.05, 0.1) is 12.0 Å². The van der Waals surface area contributed by atoms with Crippen LogP contribution in [0.15, 0.2) is 0 Å². The minimum atomic E-state index is -0.333. The summed E-state index contributed by atoms with van der Waals surface area (Å²) in [5, 5.41) is 4.33. The summed E-state index contributed by atoms with van der Waals surface area (Å²) in [5.74, 6) is 0.197. The molecule has 1 aliphatic rings. The van der Waals surface area contributed by atoms with Crippen LogP contribution in [0.3, 0.4) is 0 Å². The van der Waals surface area contributed by atoms with Crippen molar-refractivity contribution in [2.24, 2.45) is 0 Å². The van der Waals surface area contributed by atoms with Crippen molar-refractivity contribution in [1.82, 2.24) is 9.97 Å². The van der Waals surface area contributed by atoms with E-state index in [-0.39, 0.29) is 5.97 Å². The van der Waals surface area contributed by atoms with Crippen LogP contribution in [-0.2, 0) is 4.74 Å². The number of thiophene rings is 1. The van der Waals surface area contributed by atoms with Gasteiger partial charge in [0.15, 0.2) is 0 Å². The van der Waals surface area contributed by atoms with Crippen LogP contribution in [0.4, 0.5) is 5.95 Å². The second-order valence-electron chi connectivity index (χ2n) is 4.71. The van der Waals surface area contributed by atoms with Gasteiger partial charge in [0.1, 0.15) is 14.9 Å². The number of fused-ring (bicyclic) bond motifs is 1. The lowest BCUT2D eigenvalue weighted by atomic mass is 10.2. The molecule has 1 aliphatic carbocycles. The highest BCUT2D eigenvalue weighted by molar-refractivity contribution is 7.20. The molecule has 0 saturated heterocycles. The number of nitrogens with zero attached hydrogens (tertiary/aromatic N) is 2. The molecule has 106 valence electrons. The Bertz CT molecular complexity index is 682. The Morgan fingerprint density at radius 2 is 2.25 bits per heavy atom. The molecule has 0 aromatic carbocycles. The largest absolute Gasteiger partial charge is 0.462 e. The van der Waals surface area contributed by atoms with Crippen LogP contribution >= 0.6 is 22.9 Å². The number of aryl methyl sites for hydroxylation is 1. The van der Waals surface area contributed by atoms with Gasteiger partial charge in [-0.15, -0.1) is 11.3 Å². The maximum atomic E-state index is 11.9. The monoisotopic (exact) mass is 311 g/mol. The van der Waals surface area contributed by atoms with Crippen molar-refractivity contribution in [3.8, 4) is 0 Å². The quantitative estimate of drug-likeness (QED) is 0.692. The molecule has 3 rings (SSSR count). The fourth-order valence-electron chi connectivity index (χ4n) is 1.96. The number of hydrogen-bond acceptors (Lipinski definition) is 6. The number of hydrogen-bond donors (Lipinski definition) is 1. The summed E-state index contributed by atoms with van der Waals surface area (Å²) in [6, 6.07) is 0.453. The summed E-state index contributed by atoms with van der Waals surface area (Å²) in [7, 11) is 0. The number of ether oxygens (including phenoxy) is 1. The fraction of sp³-hybridized carbons (Fsp3) is 0.462. The van der Waals surface area contributed by atoms with Crippen molar-refractivity contribution >= 4 is 45.1 Å². The maximum absolute atomic E-state index is 11.9. The molecule has 7 heteroatoms. The van der Waals surface area contributed by atoms with E-state index in [4.69, 9.17) is 16.3 Å². The molecule has 0 aliphatic heterocycles. The van der Waals surface area contributed by atoms with Gasteiger partial charge in [0.25, 0.3) is 0 Å². The van der Waals surface area contributed by atoms with Gasteiger partial charge < -0.3 is 10.1 Å². The lowest BCUT2D eigenvalue weighted by Gasteiger charge is -2.03. The number of carbonyl (C=O) groups is 1. The van der Waals surface area contributed by atoms with Crippen LogP contribution < -0.4 is 5.32 Å². The normalized spacial score (nSPS) is 14.6. The third-order valence-corrected chi connectivity index (χ3v) is 4.56. The SMILES string of the molecule is CCOC(=O)c1sc2nc(NC3CC3)nc(Cl)c2c1C. The molecule has 20 heavy (non-hydrogen) atoms. The van der Waals surface area contributed by atoms with Gasteiger partial charge in [-0.05, 0) is 32.3 Å². The van der Waals surface area contributed by atoms with Gasteiger partial charge in [0.2, 0.25) is 5.95 Å². The average molecular weight is 312 g/mol. The Morgan fingerprint density at radius 1 is 1.50 bits per heavy atom. The molecule has 0 radical (unpaired) electrons. The zero-order chi connectivity index (χ0) is 14.3. The van der Waals surface area contributed by atoms with E-state index in [9.17, 15) is 4.79 Å². The highest BCUT2D eigenvalue weighted by atomic mass is 35.5. The molecule has 1 saturated carbocycles. The summed E-state index contributed by atoms with van der Waals surface area (Å²) < 4.78 is 5.05. The number of carbonyl (C=O) groups excluding carboxylic acids is 1. The van der Waals surface area contributed by atoms with Gasteiger partial charge in [-0.25, -0.2) is 14.8 Å². The molecule has 0 amide bonds. The molecular weight excluding hydrogens is 298 g/mol. The van der Waals surface area contributed by atoms with Crippen LogP contribution in [0.25, 0.3) is 10.2 Å². The third-order valence-electron chi connectivity index (χ3n) is 3.12. The van der Waals surface area contributed by atoms with Crippen molar-refractivity contribution < 1.29 is 9.53 Å². The number of esters is 1. The van der Waals surface area contributed by atoms with Crippen LogP contribution in [-0.4, -0.2) is 28.6 Å². The molecular formula is C13H14ClN3O2S. The van der Waals surface area contributed by atoms with E-state index < -0.39 is 0 Å². The van der Waals surface area contributed by atoms with Gasteiger partial charge >= 0.3 is 5.97 Å². The second-order valence-corrected chi connectivity index (χ2v) is 6.07. The van der Waals surface area contributed by atoms with Crippen molar-refractivity contribution in [3.63, 3.8) is 0 Å². The molecule has 0 spiro atoms. The van der Waals surface area contributed by atoms with Gasteiger partial charge in [0, 0.05) is 6.04 Å². The molecule has 2 heterocycles. The molecule has 1 N–H and O–H groups in total. The van der Waals surface area contributed by atoms with Crippen LogP contribution in [0.2, 0.25) is 5.15 Å². The Kier molecular flexibility index (Phi) is 3.52. The van der Waals surface area contributed by atoms with Crippen LogP contribution in [0.1, 0.15) is 35.0 Å². The minimum Gasteiger partial charge on any atom is -0.462 e. The standard InChI is InChI=1S/C13H14ClN3O2S/c1-3-19-12(18)9-6(2)8-10(14)16-13(15-7-4-5-7)17-11(8)20-9/h7H,3-5H2,1-2H3,(H,15,16,17). The number of aromatic nitrogens is 2. The maximum Gasteiger partial charge on any atom is 0.348 e. The van der Waals surface area contributed by atoms with Crippen LogP contribution in [0, 0.1) is 6.92 Å². The first-order valence-electron chi connectivity index (χ1n) is 6.50. The number of halogens is 1. The number of rotatable bonds is 4. The molecule has 2 aromatic heterocycles. The Hall–Kier alpha value is -1.40. The predicted molar refractivity (Wildman–Crippen MR) is 79.8 cm³/mol. The molecule has 1 fully saturated rings. The second kappa shape index (κ2) is 5.18. The molecule has 0 bridgehead atoms. The van der Waals surface area contributed by atoms with Crippen molar-refractivity contribution in [2.75, 3.05) is 11.9 Å². The summed E-state index contributed by atoms with van der Waals surface area (Å²) in [5.41, 5.74) is 0.784. The van der Waals surface area contributed by atoms with Gasteiger partial charge in [-0.2, -0.15) is 0 Å². The lowest BCUT2D eigenvalue weighted by Crippen LogP contribution is -2.05. The topological polar surface area (TPSA) is 64.1 Å². The fourth-order valence-corrected chi connectivity index (χ4v) is 3.40. The van der Waals surface area contributed by atoms with E-state index in [1.54, 1.807) is 6.92 Å². The van der Waals surface area contributed by atoms with Crippen LogP contribution in [0.5, 0.6) is 0 Å². The Labute approximate surface area is 125 Å². The first-order chi connectivity index (χ1) is 9.60. The summed E-state index contributed by atoms with van der Waals surface area (Å²) in [4.78, 5) is 21.9. The highest BCUT2D eigenvalue weighted by Gasteiger charge is 2.24. The van der Waals surface area contributed by atoms with E-state index in [0.717, 1.165) is 23.8 Å². The third kappa shape index (κ3) is 2.45. The molecule has 5 nitrogen and oxygen atoms in total. The van der Waals surface area contributed by atoms with Gasteiger partial charge in [-0.3, -0.25) is 0 Å². The Morgan fingerprint density at radius 3 is 2.90 bits per heavy atom. The molecule has 0 atom stereocenters. The van der Waals surface area contributed by atoms with Gasteiger partial charge in [-0.1, -0.05) is 11.6 Å². The zero-order valence-electron chi connectivity index (χ0n) is 11.2. The zero-order valence-corrected chi connectivity index (χ0v) is 12.8. The highest BCUT2D eigenvalue weighted by Crippen LogP contribution is 2.35. The van der Waals surface area contributed by atoms with E-state index in [1.165, 1.54) is 11.3 Å². The smallest absolute Gasteiger partial charge is 0.348 e. The summed E-state index contributed by atoms with van der Waals surface area (Å²) in [6.07, 6.45) is 2.27. The van der Waals surface area contributed by atoms with Crippen molar-refractivity contribution in [1.29, 1.82) is 0 Å². The Balaban J connectivity index is 2.04. The average Bonchev–Trinajstić information content (AvgIpc) is 3.12. The first kappa shape index (κ1) is 13.6. The van der Waals surface area contributed by atoms with Crippen molar-refractivity contribution in [3.05, 3.63) is 15.6 Å². The van der Waals surface area contributed by atoms with E-state index >= 15 is 0 Å². The predicted octanol–water partition coefficient (Wildman–Crippen LogP) is 3.40. The first-order valence-corrected chi connectivity index (χ1v) is 7.70. The summed E-state index contributed by atoms with van der Waals surface area (Å²) >= 11 is 7.53. The number of nitrogens with one attached hydrogen (secondary N) is 1. The summed E-state index contributed by atoms with van der Waals surface area (Å²) in [6.45, 7) is 3.97. The van der Waals surface area contributed by atoms with Crippen molar-refractivity contribution in [2.45, 2.75) is 32.7 Å². The number of anilines is 1.